The molecule has 1 fully saturated rings. The van der Waals surface area contributed by atoms with Crippen LogP contribution in [0, 0.1) is 5.82 Å². The highest BCUT2D eigenvalue weighted by Crippen LogP contribution is 2.44. The van der Waals surface area contributed by atoms with Crippen LogP contribution in [-0.4, -0.2) is 27.8 Å². The van der Waals surface area contributed by atoms with Crippen molar-refractivity contribution in [3.63, 3.8) is 0 Å². The number of halogens is 3. The van der Waals surface area contributed by atoms with Crippen molar-refractivity contribution >= 4 is 60.8 Å². The number of phenols is 1. The first kappa shape index (κ1) is 20.9. The van der Waals surface area contributed by atoms with E-state index in [1.54, 1.807) is 25.1 Å². The van der Waals surface area contributed by atoms with Crippen molar-refractivity contribution < 1.29 is 23.8 Å². The Balaban J connectivity index is 1.93. The number of aromatic hydroxyl groups is 1. The van der Waals surface area contributed by atoms with Gasteiger partial charge in [-0.05, 0) is 74.3 Å². The van der Waals surface area contributed by atoms with E-state index >= 15 is 0 Å². The zero-order chi connectivity index (χ0) is 20.4. The van der Waals surface area contributed by atoms with Crippen LogP contribution in [0.2, 0.25) is 0 Å². The minimum atomic E-state index is -0.507. The van der Waals surface area contributed by atoms with Gasteiger partial charge in [0, 0.05) is 10.0 Å². The SMILES string of the molecule is CCOc1cc(/C=C2\SC(=O)N(Cc3ccccc3F)C2=O)c(Br)c(Br)c1O. The van der Waals surface area contributed by atoms with Gasteiger partial charge in [0.2, 0.25) is 0 Å². The predicted octanol–water partition coefficient (Wildman–Crippen LogP) is 5.69. The van der Waals surface area contributed by atoms with Crippen molar-refractivity contribution in [1.29, 1.82) is 0 Å². The monoisotopic (exact) mass is 529 g/mol. The highest BCUT2D eigenvalue weighted by Gasteiger charge is 2.35. The van der Waals surface area contributed by atoms with E-state index < -0.39 is 17.0 Å². The Morgan fingerprint density at radius 2 is 1.96 bits per heavy atom. The van der Waals surface area contributed by atoms with Crippen LogP contribution in [0.4, 0.5) is 9.18 Å². The molecule has 5 nitrogen and oxygen atoms in total. The molecule has 0 radical (unpaired) electrons. The molecule has 0 saturated carbocycles. The molecule has 1 N–H and O–H groups in total. The number of benzene rings is 2. The number of hydrogen-bond acceptors (Lipinski definition) is 5. The second kappa shape index (κ2) is 8.67. The third kappa shape index (κ3) is 4.11. The summed E-state index contributed by atoms with van der Waals surface area (Å²) < 4.78 is 20.2. The van der Waals surface area contributed by atoms with Gasteiger partial charge in [-0.2, -0.15) is 0 Å². The van der Waals surface area contributed by atoms with Crippen molar-refractivity contribution in [2.45, 2.75) is 13.5 Å². The highest BCUT2D eigenvalue weighted by atomic mass is 79.9. The first-order valence-electron chi connectivity index (χ1n) is 8.16. The van der Waals surface area contributed by atoms with Crippen molar-refractivity contribution in [2.75, 3.05) is 6.61 Å². The van der Waals surface area contributed by atoms with E-state index in [9.17, 15) is 19.1 Å². The number of thioether (sulfide) groups is 1. The molecular formula is C19H14Br2FNO4S. The van der Waals surface area contributed by atoms with Crippen LogP contribution in [-0.2, 0) is 11.3 Å². The van der Waals surface area contributed by atoms with Crippen LogP contribution in [0.3, 0.4) is 0 Å². The fraction of sp³-hybridized carbons (Fsp3) is 0.158. The van der Waals surface area contributed by atoms with Gasteiger partial charge < -0.3 is 9.84 Å². The summed E-state index contributed by atoms with van der Waals surface area (Å²) in [6.07, 6.45) is 1.53. The van der Waals surface area contributed by atoms with Gasteiger partial charge in [0.05, 0.1) is 22.5 Å². The lowest BCUT2D eigenvalue weighted by molar-refractivity contribution is -0.123. The number of carbonyl (C=O) groups is 2. The molecule has 2 aromatic carbocycles. The summed E-state index contributed by atoms with van der Waals surface area (Å²) in [5.74, 6) is -0.808. The van der Waals surface area contributed by atoms with Gasteiger partial charge in [-0.1, -0.05) is 18.2 Å². The van der Waals surface area contributed by atoms with Crippen LogP contribution in [0.15, 0.2) is 44.2 Å². The second-order valence-electron chi connectivity index (χ2n) is 5.73. The van der Waals surface area contributed by atoms with Gasteiger partial charge in [0.15, 0.2) is 11.5 Å². The number of carbonyl (C=O) groups excluding carboxylic acids is 2. The van der Waals surface area contributed by atoms with Crippen LogP contribution in [0.5, 0.6) is 11.5 Å². The van der Waals surface area contributed by atoms with Gasteiger partial charge >= 0.3 is 0 Å². The average Bonchev–Trinajstić information content (AvgIpc) is 2.93. The summed E-state index contributed by atoms with van der Waals surface area (Å²) in [5.41, 5.74) is 0.808. The van der Waals surface area contributed by atoms with Gasteiger partial charge in [-0.15, -0.1) is 0 Å². The van der Waals surface area contributed by atoms with Crippen LogP contribution in [0.1, 0.15) is 18.1 Å². The molecule has 0 spiro atoms. The maximum absolute atomic E-state index is 13.9. The Morgan fingerprint density at radius 3 is 2.64 bits per heavy atom. The summed E-state index contributed by atoms with van der Waals surface area (Å²) in [6, 6.07) is 7.57. The maximum atomic E-state index is 13.9. The quantitative estimate of drug-likeness (QED) is 0.503. The molecule has 0 bridgehead atoms. The van der Waals surface area contributed by atoms with Crippen molar-refractivity contribution in [2.24, 2.45) is 0 Å². The predicted molar refractivity (Wildman–Crippen MR) is 113 cm³/mol. The number of phenolic OH excluding ortho intramolecular Hbond substituents is 1. The number of hydrogen-bond donors (Lipinski definition) is 1. The second-order valence-corrected chi connectivity index (χ2v) is 8.31. The fourth-order valence-corrected chi connectivity index (χ4v) is 4.23. The smallest absolute Gasteiger partial charge is 0.293 e. The number of nitrogens with zero attached hydrogens (tertiary/aromatic N) is 1. The minimum Gasteiger partial charge on any atom is -0.503 e. The maximum Gasteiger partial charge on any atom is 0.293 e. The lowest BCUT2D eigenvalue weighted by Gasteiger charge is -2.13. The number of amides is 2. The summed E-state index contributed by atoms with van der Waals surface area (Å²) in [6.45, 7) is 1.99. The Labute approximate surface area is 181 Å². The van der Waals surface area contributed by atoms with Crippen molar-refractivity contribution in [3.8, 4) is 11.5 Å². The van der Waals surface area contributed by atoms with E-state index in [4.69, 9.17) is 4.74 Å². The third-order valence-corrected chi connectivity index (χ3v) is 6.99. The van der Waals surface area contributed by atoms with Crippen LogP contribution >= 0.6 is 43.6 Å². The Hall–Kier alpha value is -1.84. The molecule has 1 saturated heterocycles. The molecule has 0 unspecified atom stereocenters. The third-order valence-electron chi connectivity index (χ3n) is 3.92. The molecule has 146 valence electrons. The molecule has 9 heteroatoms. The topological polar surface area (TPSA) is 66.8 Å². The Kier molecular flexibility index (Phi) is 6.47. The van der Waals surface area contributed by atoms with E-state index in [-0.39, 0.29) is 28.5 Å². The Morgan fingerprint density at radius 1 is 1.25 bits per heavy atom. The summed E-state index contributed by atoms with van der Waals surface area (Å²) >= 11 is 7.41. The fourth-order valence-electron chi connectivity index (χ4n) is 2.56. The molecule has 0 atom stereocenters. The lowest BCUT2D eigenvalue weighted by Crippen LogP contribution is -2.27. The van der Waals surface area contributed by atoms with Gasteiger partial charge in [-0.3, -0.25) is 14.5 Å². The normalized spacial score (nSPS) is 15.6. The minimum absolute atomic E-state index is 0.0708. The number of imide groups is 1. The molecule has 1 aliphatic rings. The largest absolute Gasteiger partial charge is 0.503 e. The number of ether oxygens (including phenoxy) is 1. The van der Waals surface area contributed by atoms with Gasteiger partial charge in [-0.25, -0.2) is 4.39 Å². The average molecular weight is 531 g/mol. The summed E-state index contributed by atoms with van der Waals surface area (Å²) in [4.78, 5) is 26.2. The molecule has 0 aliphatic carbocycles. The molecule has 3 rings (SSSR count). The van der Waals surface area contributed by atoms with Crippen LogP contribution in [0.25, 0.3) is 6.08 Å². The number of rotatable bonds is 5. The molecular weight excluding hydrogens is 517 g/mol. The molecule has 2 aromatic rings. The van der Waals surface area contributed by atoms with E-state index in [1.807, 2.05) is 0 Å². The van der Waals surface area contributed by atoms with Crippen molar-refractivity contribution in [1.82, 2.24) is 4.90 Å². The van der Waals surface area contributed by atoms with Gasteiger partial charge in [0.25, 0.3) is 11.1 Å². The standard InChI is InChI=1S/C19H14Br2FNO4S/c1-2-27-13-7-11(15(20)16(21)17(13)24)8-14-18(25)23(19(26)28-14)9-10-5-3-4-6-12(10)22/h3-8,24H,2,9H2,1H3/b14-8-. The first-order chi connectivity index (χ1) is 13.3. The zero-order valence-corrected chi connectivity index (χ0v) is 18.5. The molecule has 1 aliphatic heterocycles. The molecule has 28 heavy (non-hydrogen) atoms. The molecule has 0 aromatic heterocycles. The lowest BCUT2D eigenvalue weighted by atomic mass is 10.1. The van der Waals surface area contributed by atoms with E-state index in [0.29, 0.717) is 21.1 Å². The molecule has 1 heterocycles. The first-order valence-corrected chi connectivity index (χ1v) is 10.6. The van der Waals surface area contributed by atoms with E-state index in [1.165, 1.54) is 18.2 Å². The van der Waals surface area contributed by atoms with E-state index in [2.05, 4.69) is 31.9 Å². The van der Waals surface area contributed by atoms with E-state index in [0.717, 1.165) is 16.7 Å². The van der Waals surface area contributed by atoms with Crippen LogP contribution < -0.4 is 4.74 Å². The van der Waals surface area contributed by atoms with Crippen molar-refractivity contribution in [3.05, 3.63) is 61.1 Å². The highest BCUT2D eigenvalue weighted by molar-refractivity contribution is 9.13. The Bertz CT molecular complexity index is 996. The zero-order valence-electron chi connectivity index (χ0n) is 14.5. The summed E-state index contributed by atoms with van der Waals surface area (Å²) in [7, 11) is 0. The summed E-state index contributed by atoms with van der Waals surface area (Å²) in [5, 5.41) is 9.65. The van der Waals surface area contributed by atoms with Gasteiger partial charge in [0.1, 0.15) is 5.82 Å². The molecule has 2 amide bonds.